The van der Waals surface area contributed by atoms with Crippen molar-refractivity contribution in [3.8, 4) is 11.5 Å². The Morgan fingerprint density at radius 2 is 2.18 bits per heavy atom. The van der Waals surface area contributed by atoms with Gasteiger partial charge in [-0.25, -0.2) is 0 Å². The summed E-state index contributed by atoms with van der Waals surface area (Å²) in [6.07, 6.45) is 3.62. The summed E-state index contributed by atoms with van der Waals surface area (Å²) in [5, 5.41) is 0. The van der Waals surface area contributed by atoms with Crippen molar-refractivity contribution in [3.63, 3.8) is 0 Å². The SMILES string of the molecule is C=CCCC(NN)c1cccc(OC)c1OC. The van der Waals surface area contributed by atoms with Crippen LogP contribution in [0.15, 0.2) is 30.9 Å². The monoisotopic (exact) mass is 236 g/mol. The van der Waals surface area contributed by atoms with Gasteiger partial charge in [-0.05, 0) is 18.9 Å². The minimum atomic E-state index is 0.0260. The fraction of sp³-hybridized carbons (Fsp3) is 0.385. The van der Waals surface area contributed by atoms with Crippen LogP contribution in [0.5, 0.6) is 11.5 Å². The third kappa shape index (κ3) is 3.22. The van der Waals surface area contributed by atoms with Crippen LogP contribution in [0.4, 0.5) is 0 Å². The van der Waals surface area contributed by atoms with Gasteiger partial charge >= 0.3 is 0 Å². The van der Waals surface area contributed by atoms with E-state index in [1.165, 1.54) is 0 Å². The summed E-state index contributed by atoms with van der Waals surface area (Å²) in [6, 6.07) is 5.80. The Balaban J connectivity index is 3.04. The highest BCUT2D eigenvalue weighted by atomic mass is 16.5. The summed E-state index contributed by atoms with van der Waals surface area (Å²) in [6.45, 7) is 3.71. The van der Waals surface area contributed by atoms with Crippen molar-refractivity contribution in [3.05, 3.63) is 36.4 Å². The molecule has 0 aromatic heterocycles. The lowest BCUT2D eigenvalue weighted by molar-refractivity contribution is 0.345. The molecule has 1 rings (SSSR count). The van der Waals surface area contributed by atoms with E-state index in [2.05, 4.69) is 12.0 Å². The summed E-state index contributed by atoms with van der Waals surface area (Å²) in [7, 11) is 3.25. The Labute approximate surface area is 102 Å². The number of hydrazine groups is 1. The van der Waals surface area contributed by atoms with Gasteiger partial charge in [0.05, 0.1) is 20.3 Å². The molecule has 0 bridgehead atoms. The number of methoxy groups -OCH3 is 2. The van der Waals surface area contributed by atoms with E-state index in [0.29, 0.717) is 5.75 Å². The summed E-state index contributed by atoms with van der Waals surface area (Å²) < 4.78 is 10.6. The smallest absolute Gasteiger partial charge is 0.165 e. The van der Waals surface area contributed by atoms with Crippen LogP contribution in [0.3, 0.4) is 0 Å². The number of rotatable bonds is 7. The van der Waals surface area contributed by atoms with E-state index < -0.39 is 0 Å². The highest BCUT2D eigenvalue weighted by Crippen LogP contribution is 2.35. The van der Waals surface area contributed by atoms with Crippen LogP contribution < -0.4 is 20.7 Å². The molecule has 1 unspecified atom stereocenters. The maximum absolute atomic E-state index is 5.58. The van der Waals surface area contributed by atoms with Gasteiger partial charge in [-0.2, -0.15) is 0 Å². The zero-order chi connectivity index (χ0) is 12.7. The third-order valence-electron chi connectivity index (χ3n) is 2.67. The Kier molecular flexibility index (Phi) is 5.52. The van der Waals surface area contributed by atoms with Crippen LogP contribution in [0.1, 0.15) is 24.4 Å². The van der Waals surface area contributed by atoms with Crippen LogP contribution in [-0.2, 0) is 0 Å². The Hall–Kier alpha value is -1.52. The predicted molar refractivity (Wildman–Crippen MR) is 69.0 cm³/mol. The predicted octanol–water partition coefficient (Wildman–Crippen LogP) is 2.17. The molecule has 0 radical (unpaired) electrons. The Bertz CT molecular complexity index is 366. The average molecular weight is 236 g/mol. The van der Waals surface area contributed by atoms with Gasteiger partial charge in [-0.1, -0.05) is 18.2 Å². The van der Waals surface area contributed by atoms with Crippen molar-refractivity contribution >= 4 is 0 Å². The van der Waals surface area contributed by atoms with Crippen LogP contribution in [0, 0.1) is 0 Å². The van der Waals surface area contributed by atoms with Gasteiger partial charge < -0.3 is 9.47 Å². The van der Waals surface area contributed by atoms with E-state index in [-0.39, 0.29) is 6.04 Å². The van der Waals surface area contributed by atoms with Crippen molar-refractivity contribution in [1.82, 2.24) is 5.43 Å². The van der Waals surface area contributed by atoms with Crippen molar-refractivity contribution in [2.45, 2.75) is 18.9 Å². The van der Waals surface area contributed by atoms with Crippen LogP contribution in [0.2, 0.25) is 0 Å². The molecule has 3 N–H and O–H groups in total. The summed E-state index contributed by atoms with van der Waals surface area (Å²) >= 11 is 0. The lowest BCUT2D eigenvalue weighted by Gasteiger charge is -2.20. The maximum atomic E-state index is 5.58. The van der Waals surface area contributed by atoms with Crippen LogP contribution in [-0.4, -0.2) is 14.2 Å². The maximum Gasteiger partial charge on any atom is 0.165 e. The first-order valence-corrected chi connectivity index (χ1v) is 5.56. The fourth-order valence-corrected chi connectivity index (χ4v) is 1.80. The molecular formula is C13H20N2O2. The number of benzene rings is 1. The summed E-state index contributed by atoms with van der Waals surface area (Å²) in [5.41, 5.74) is 3.79. The van der Waals surface area contributed by atoms with Gasteiger partial charge in [0.25, 0.3) is 0 Å². The molecule has 1 aromatic rings. The van der Waals surface area contributed by atoms with Crippen LogP contribution in [0.25, 0.3) is 0 Å². The van der Waals surface area contributed by atoms with E-state index >= 15 is 0 Å². The van der Waals surface area contributed by atoms with Crippen LogP contribution >= 0.6 is 0 Å². The zero-order valence-electron chi connectivity index (χ0n) is 10.4. The molecule has 17 heavy (non-hydrogen) atoms. The lowest BCUT2D eigenvalue weighted by atomic mass is 10.0. The number of hydrogen-bond donors (Lipinski definition) is 2. The van der Waals surface area contributed by atoms with E-state index in [4.69, 9.17) is 15.3 Å². The molecular weight excluding hydrogens is 216 g/mol. The van der Waals surface area contributed by atoms with E-state index in [1.54, 1.807) is 14.2 Å². The van der Waals surface area contributed by atoms with Crippen molar-refractivity contribution in [2.75, 3.05) is 14.2 Å². The minimum absolute atomic E-state index is 0.0260. The molecule has 0 fully saturated rings. The number of nitrogens with two attached hydrogens (primary N) is 1. The lowest BCUT2D eigenvalue weighted by Crippen LogP contribution is -2.28. The number of para-hydroxylation sites is 1. The molecule has 0 saturated carbocycles. The Morgan fingerprint density at radius 1 is 1.41 bits per heavy atom. The van der Waals surface area contributed by atoms with E-state index in [0.717, 1.165) is 24.2 Å². The number of ether oxygens (including phenoxy) is 2. The number of nitrogens with one attached hydrogen (secondary N) is 1. The molecule has 0 heterocycles. The average Bonchev–Trinajstić information content (AvgIpc) is 2.39. The van der Waals surface area contributed by atoms with Crippen molar-refractivity contribution in [1.29, 1.82) is 0 Å². The number of hydrogen-bond acceptors (Lipinski definition) is 4. The molecule has 94 valence electrons. The fourth-order valence-electron chi connectivity index (χ4n) is 1.80. The van der Waals surface area contributed by atoms with Crippen molar-refractivity contribution < 1.29 is 9.47 Å². The topological polar surface area (TPSA) is 56.5 Å². The molecule has 0 aliphatic heterocycles. The van der Waals surface area contributed by atoms with Gasteiger partial charge in [0.2, 0.25) is 0 Å². The van der Waals surface area contributed by atoms with E-state index in [9.17, 15) is 0 Å². The summed E-state index contributed by atoms with van der Waals surface area (Å²) in [4.78, 5) is 0. The second kappa shape index (κ2) is 6.93. The van der Waals surface area contributed by atoms with Gasteiger partial charge in [0.1, 0.15) is 0 Å². The third-order valence-corrected chi connectivity index (χ3v) is 2.67. The minimum Gasteiger partial charge on any atom is -0.493 e. The number of allylic oxidation sites excluding steroid dienone is 1. The quantitative estimate of drug-likeness (QED) is 0.433. The molecule has 1 aromatic carbocycles. The van der Waals surface area contributed by atoms with Gasteiger partial charge in [-0.15, -0.1) is 6.58 Å². The Morgan fingerprint density at radius 3 is 2.71 bits per heavy atom. The largest absolute Gasteiger partial charge is 0.493 e. The van der Waals surface area contributed by atoms with Gasteiger partial charge in [0.15, 0.2) is 11.5 Å². The van der Waals surface area contributed by atoms with Gasteiger partial charge in [-0.3, -0.25) is 11.3 Å². The molecule has 0 saturated heterocycles. The first kappa shape index (κ1) is 13.5. The van der Waals surface area contributed by atoms with E-state index in [1.807, 2.05) is 24.3 Å². The second-order valence-corrected chi connectivity index (χ2v) is 3.67. The molecule has 4 heteroatoms. The molecule has 0 aliphatic carbocycles. The summed E-state index contributed by atoms with van der Waals surface area (Å²) in [5.74, 6) is 7.02. The highest BCUT2D eigenvalue weighted by molar-refractivity contribution is 5.48. The second-order valence-electron chi connectivity index (χ2n) is 3.67. The first-order chi connectivity index (χ1) is 8.28. The zero-order valence-corrected chi connectivity index (χ0v) is 10.4. The first-order valence-electron chi connectivity index (χ1n) is 5.56. The molecule has 0 spiro atoms. The molecule has 0 aliphatic rings. The molecule has 0 amide bonds. The molecule has 4 nitrogen and oxygen atoms in total. The normalized spacial score (nSPS) is 11.9. The highest BCUT2D eigenvalue weighted by Gasteiger charge is 2.17. The molecule has 1 atom stereocenters. The van der Waals surface area contributed by atoms with Gasteiger partial charge in [0, 0.05) is 5.56 Å². The van der Waals surface area contributed by atoms with Crippen molar-refractivity contribution in [2.24, 2.45) is 5.84 Å². The standard InChI is InChI=1S/C13H20N2O2/c1-4-5-8-11(15-14)10-7-6-9-12(16-2)13(10)17-3/h4,6-7,9,11,15H,1,5,8,14H2,2-3H3.